The van der Waals surface area contributed by atoms with E-state index in [9.17, 15) is 13.6 Å². The van der Waals surface area contributed by atoms with E-state index in [-0.39, 0.29) is 5.75 Å². The number of anilines is 1. The molecular weight excluding hydrogens is 230 g/mol. The third-order valence-electron chi connectivity index (χ3n) is 1.90. The van der Waals surface area contributed by atoms with Crippen LogP contribution < -0.4 is 15.8 Å². The summed E-state index contributed by atoms with van der Waals surface area (Å²) in [7, 11) is 0. The minimum atomic E-state index is -2.90. The van der Waals surface area contributed by atoms with Crippen molar-refractivity contribution in [2.24, 2.45) is 5.73 Å². The van der Waals surface area contributed by atoms with Crippen molar-refractivity contribution < 1.29 is 18.3 Å². The maximum Gasteiger partial charge on any atom is 0.387 e. The maximum absolute atomic E-state index is 12.0. The lowest BCUT2D eigenvalue weighted by atomic mass is 10.1. The quantitative estimate of drug-likeness (QED) is 0.851. The van der Waals surface area contributed by atoms with Gasteiger partial charge in [0.1, 0.15) is 5.75 Å². The van der Waals surface area contributed by atoms with Gasteiger partial charge >= 0.3 is 6.61 Å². The Hall–Kier alpha value is -1.69. The Balaban J connectivity index is 2.76. The summed E-state index contributed by atoms with van der Waals surface area (Å²) in [5.74, 6) is -0.431. The van der Waals surface area contributed by atoms with Gasteiger partial charge in [-0.2, -0.15) is 8.78 Å². The van der Waals surface area contributed by atoms with E-state index in [2.05, 4.69) is 10.1 Å². The van der Waals surface area contributed by atoms with E-state index in [1.54, 1.807) is 19.9 Å². The highest BCUT2D eigenvalue weighted by molar-refractivity contribution is 5.97. The van der Waals surface area contributed by atoms with Gasteiger partial charge in [-0.1, -0.05) is 6.07 Å². The van der Waals surface area contributed by atoms with Crippen LogP contribution in [0.3, 0.4) is 0 Å². The smallest absolute Gasteiger partial charge is 0.387 e. The Kier molecular flexibility index (Phi) is 4.01. The SMILES string of the molecule is CC(C)(N)C(=O)Nc1cccc(OC(F)F)c1. The number of benzene rings is 1. The molecule has 0 aromatic heterocycles. The monoisotopic (exact) mass is 244 g/mol. The minimum absolute atomic E-state index is 0.0207. The van der Waals surface area contributed by atoms with Gasteiger partial charge in [0.15, 0.2) is 0 Å². The lowest BCUT2D eigenvalue weighted by molar-refractivity contribution is -0.120. The molecule has 0 spiro atoms. The molecule has 1 aromatic rings. The van der Waals surface area contributed by atoms with Crippen LogP contribution in [0.4, 0.5) is 14.5 Å². The van der Waals surface area contributed by atoms with E-state index in [0.29, 0.717) is 5.69 Å². The third-order valence-corrected chi connectivity index (χ3v) is 1.90. The van der Waals surface area contributed by atoms with Crippen LogP contribution in [-0.4, -0.2) is 18.1 Å². The number of rotatable bonds is 4. The zero-order valence-corrected chi connectivity index (χ0v) is 9.54. The molecule has 0 bridgehead atoms. The van der Waals surface area contributed by atoms with Gasteiger partial charge in [-0.3, -0.25) is 4.79 Å². The molecule has 4 nitrogen and oxygen atoms in total. The number of nitrogens with one attached hydrogen (secondary N) is 1. The summed E-state index contributed by atoms with van der Waals surface area (Å²) < 4.78 is 28.2. The van der Waals surface area contributed by atoms with E-state index in [1.165, 1.54) is 18.2 Å². The summed E-state index contributed by atoms with van der Waals surface area (Å²) in [6.07, 6.45) is 0. The molecule has 0 heterocycles. The molecule has 0 saturated heterocycles. The number of carbonyl (C=O) groups excluding carboxylic acids is 1. The number of ether oxygens (including phenoxy) is 1. The Morgan fingerprint density at radius 2 is 2.12 bits per heavy atom. The lowest BCUT2D eigenvalue weighted by Crippen LogP contribution is -2.45. The zero-order valence-electron chi connectivity index (χ0n) is 9.54. The summed E-state index contributed by atoms with van der Waals surface area (Å²) in [5.41, 5.74) is 4.89. The predicted octanol–water partition coefficient (Wildman–Crippen LogP) is 1.96. The number of hydrogen-bond donors (Lipinski definition) is 2. The maximum atomic E-state index is 12.0. The molecule has 3 N–H and O–H groups in total. The topological polar surface area (TPSA) is 64.4 Å². The summed E-state index contributed by atoms with van der Waals surface area (Å²) in [4.78, 5) is 11.5. The summed E-state index contributed by atoms with van der Waals surface area (Å²) in [6, 6.07) is 5.73. The molecule has 0 radical (unpaired) electrons. The van der Waals surface area contributed by atoms with E-state index in [0.717, 1.165) is 0 Å². The van der Waals surface area contributed by atoms with Crippen LogP contribution in [-0.2, 0) is 4.79 Å². The van der Waals surface area contributed by atoms with Crippen LogP contribution >= 0.6 is 0 Å². The normalized spacial score (nSPS) is 11.4. The van der Waals surface area contributed by atoms with E-state index < -0.39 is 18.1 Å². The highest BCUT2D eigenvalue weighted by Gasteiger charge is 2.21. The number of nitrogens with two attached hydrogens (primary N) is 1. The summed E-state index contributed by atoms with van der Waals surface area (Å²) >= 11 is 0. The van der Waals surface area contributed by atoms with Gasteiger partial charge in [0, 0.05) is 11.8 Å². The highest BCUT2D eigenvalue weighted by Crippen LogP contribution is 2.19. The molecule has 94 valence electrons. The second-order valence-electron chi connectivity index (χ2n) is 4.08. The fraction of sp³-hybridized carbons (Fsp3) is 0.364. The van der Waals surface area contributed by atoms with Gasteiger partial charge in [-0.25, -0.2) is 0 Å². The summed E-state index contributed by atoms with van der Waals surface area (Å²) in [5, 5.41) is 2.51. The molecule has 1 rings (SSSR count). The second kappa shape index (κ2) is 5.09. The van der Waals surface area contributed by atoms with Crippen molar-refractivity contribution in [3.63, 3.8) is 0 Å². The van der Waals surface area contributed by atoms with Crippen molar-refractivity contribution in [3.05, 3.63) is 24.3 Å². The first-order chi connectivity index (χ1) is 7.79. The zero-order chi connectivity index (χ0) is 13.1. The first-order valence-corrected chi connectivity index (χ1v) is 4.94. The molecule has 0 fully saturated rings. The number of hydrogen-bond acceptors (Lipinski definition) is 3. The van der Waals surface area contributed by atoms with Gasteiger partial charge in [-0.05, 0) is 26.0 Å². The largest absolute Gasteiger partial charge is 0.435 e. The Morgan fingerprint density at radius 1 is 1.47 bits per heavy atom. The molecule has 17 heavy (non-hydrogen) atoms. The standard InChI is InChI=1S/C11H14F2N2O2/c1-11(2,14)9(16)15-7-4-3-5-8(6-7)17-10(12)13/h3-6,10H,14H2,1-2H3,(H,15,16). The molecule has 0 unspecified atom stereocenters. The van der Waals surface area contributed by atoms with E-state index >= 15 is 0 Å². The molecule has 0 saturated carbocycles. The fourth-order valence-electron chi connectivity index (χ4n) is 1.04. The van der Waals surface area contributed by atoms with Crippen molar-refractivity contribution in [2.45, 2.75) is 26.0 Å². The van der Waals surface area contributed by atoms with Gasteiger partial charge in [0.25, 0.3) is 0 Å². The van der Waals surface area contributed by atoms with Gasteiger partial charge < -0.3 is 15.8 Å². The van der Waals surface area contributed by atoms with Crippen molar-refractivity contribution in [2.75, 3.05) is 5.32 Å². The predicted molar refractivity (Wildman–Crippen MR) is 60.0 cm³/mol. The van der Waals surface area contributed by atoms with Crippen LogP contribution in [0.5, 0.6) is 5.75 Å². The van der Waals surface area contributed by atoms with Gasteiger partial charge in [0.05, 0.1) is 5.54 Å². The minimum Gasteiger partial charge on any atom is -0.435 e. The van der Waals surface area contributed by atoms with E-state index in [1.807, 2.05) is 0 Å². The Bertz CT molecular complexity index is 403. The third kappa shape index (κ3) is 4.36. The first-order valence-electron chi connectivity index (χ1n) is 4.94. The molecule has 0 atom stereocenters. The van der Waals surface area contributed by atoms with E-state index in [4.69, 9.17) is 5.73 Å². The molecule has 0 aliphatic heterocycles. The summed E-state index contributed by atoms with van der Waals surface area (Å²) in [6.45, 7) is 0.191. The van der Waals surface area contributed by atoms with Crippen LogP contribution in [0.2, 0.25) is 0 Å². The Morgan fingerprint density at radius 3 is 2.65 bits per heavy atom. The average molecular weight is 244 g/mol. The molecule has 0 aliphatic carbocycles. The van der Waals surface area contributed by atoms with Crippen molar-refractivity contribution in [3.8, 4) is 5.75 Å². The second-order valence-corrected chi connectivity index (χ2v) is 4.08. The number of alkyl halides is 2. The van der Waals surface area contributed by atoms with Crippen LogP contribution in [0, 0.1) is 0 Å². The number of carbonyl (C=O) groups is 1. The number of halogens is 2. The van der Waals surface area contributed by atoms with Crippen LogP contribution in [0.15, 0.2) is 24.3 Å². The van der Waals surface area contributed by atoms with Gasteiger partial charge in [0.2, 0.25) is 5.91 Å². The van der Waals surface area contributed by atoms with Crippen molar-refractivity contribution in [1.82, 2.24) is 0 Å². The van der Waals surface area contributed by atoms with Crippen LogP contribution in [0.25, 0.3) is 0 Å². The van der Waals surface area contributed by atoms with Gasteiger partial charge in [-0.15, -0.1) is 0 Å². The fourth-order valence-corrected chi connectivity index (χ4v) is 1.04. The van der Waals surface area contributed by atoms with Crippen molar-refractivity contribution >= 4 is 11.6 Å². The molecule has 1 aromatic carbocycles. The lowest BCUT2D eigenvalue weighted by Gasteiger charge is -2.18. The molecule has 0 aliphatic rings. The van der Waals surface area contributed by atoms with Crippen molar-refractivity contribution in [1.29, 1.82) is 0 Å². The molecule has 1 amide bonds. The Labute approximate surface area is 97.8 Å². The van der Waals surface area contributed by atoms with Crippen LogP contribution in [0.1, 0.15) is 13.8 Å². The molecular formula is C11H14F2N2O2. The highest BCUT2D eigenvalue weighted by atomic mass is 19.3. The number of amides is 1. The average Bonchev–Trinajstić information content (AvgIpc) is 2.15. The molecule has 6 heteroatoms. The first kappa shape index (κ1) is 13.4.